The number of carbonyl (C=O) groups excluding carboxylic acids is 1. The van der Waals surface area contributed by atoms with E-state index >= 15 is 0 Å². The fraction of sp³-hybridized carbons (Fsp3) is 0.308. The summed E-state index contributed by atoms with van der Waals surface area (Å²) >= 11 is 0. The summed E-state index contributed by atoms with van der Waals surface area (Å²) in [5, 5.41) is 19.5. The molecule has 0 atom stereocenters. The van der Waals surface area contributed by atoms with Gasteiger partial charge in [0.1, 0.15) is 12.2 Å². The van der Waals surface area contributed by atoms with Crippen LogP contribution < -0.4 is 5.32 Å². The average molecular weight is 248 g/mol. The number of nitrogens with zero attached hydrogens (tertiary/aromatic N) is 1. The molecule has 0 aliphatic rings. The largest absolute Gasteiger partial charge is 0.481 e. The minimum atomic E-state index is -1.06. The topological polar surface area (TPSA) is 90.2 Å². The molecule has 0 aliphatic heterocycles. The van der Waals surface area contributed by atoms with Gasteiger partial charge < -0.3 is 10.4 Å². The highest BCUT2D eigenvalue weighted by Crippen LogP contribution is 2.08. The summed E-state index contributed by atoms with van der Waals surface area (Å²) in [6.07, 6.45) is -0.361. The molecule has 2 N–H and O–H groups in total. The quantitative estimate of drug-likeness (QED) is 0.796. The Bertz CT molecular complexity index is 438. The lowest BCUT2D eigenvalue weighted by molar-refractivity contribution is -0.139. The third kappa shape index (κ3) is 7.88. The Morgan fingerprint density at radius 3 is 2.50 bits per heavy atom. The lowest BCUT2D eigenvalue weighted by atomic mass is 10.2. The van der Waals surface area contributed by atoms with E-state index in [9.17, 15) is 9.59 Å². The Morgan fingerprint density at radius 1 is 1.44 bits per heavy atom. The lowest BCUT2D eigenvalue weighted by Gasteiger charge is -2.01. The van der Waals surface area contributed by atoms with Crippen molar-refractivity contribution in [3.8, 4) is 6.07 Å². The van der Waals surface area contributed by atoms with Gasteiger partial charge in [0.05, 0.1) is 11.6 Å². The summed E-state index contributed by atoms with van der Waals surface area (Å²) in [5.41, 5.74) is 1.70. The molecule has 5 nitrogen and oxygen atoms in total. The molecule has 0 bridgehead atoms. The second-order valence-electron chi connectivity index (χ2n) is 3.50. The Labute approximate surface area is 106 Å². The lowest BCUT2D eigenvalue weighted by Crippen LogP contribution is -2.00. The summed E-state index contributed by atoms with van der Waals surface area (Å²) in [7, 11) is 0. The van der Waals surface area contributed by atoms with Crippen LogP contribution in [0.5, 0.6) is 0 Å². The SMILES string of the molecule is CC(=O)CC(=O)O.CCNc1cccc(C#N)c1. The zero-order valence-corrected chi connectivity index (χ0v) is 10.4. The molecule has 0 spiro atoms. The van der Waals surface area contributed by atoms with E-state index < -0.39 is 5.97 Å². The normalized spacial score (nSPS) is 8.50. The van der Waals surface area contributed by atoms with Crippen LogP contribution in [0, 0.1) is 11.3 Å². The second kappa shape index (κ2) is 8.76. The maximum Gasteiger partial charge on any atom is 0.310 e. The van der Waals surface area contributed by atoms with E-state index in [4.69, 9.17) is 10.4 Å². The molecule has 0 saturated carbocycles. The molecule has 18 heavy (non-hydrogen) atoms. The maximum atomic E-state index is 9.87. The van der Waals surface area contributed by atoms with Crippen LogP contribution in [0.25, 0.3) is 0 Å². The zero-order valence-electron chi connectivity index (χ0n) is 10.4. The summed E-state index contributed by atoms with van der Waals surface area (Å²) in [6, 6.07) is 9.54. The highest BCUT2D eigenvalue weighted by Gasteiger charge is 1.98. The predicted molar refractivity (Wildman–Crippen MR) is 68.3 cm³/mol. The Balaban J connectivity index is 0.000000360. The second-order valence-corrected chi connectivity index (χ2v) is 3.50. The highest BCUT2D eigenvalue weighted by atomic mass is 16.4. The summed E-state index contributed by atoms with van der Waals surface area (Å²) in [4.78, 5) is 19.5. The molecule has 0 saturated heterocycles. The molecule has 0 aliphatic carbocycles. The molecule has 0 heterocycles. The van der Waals surface area contributed by atoms with Crippen molar-refractivity contribution in [2.75, 3.05) is 11.9 Å². The van der Waals surface area contributed by atoms with Crippen LogP contribution in [0.2, 0.25) is 0 Å². The number of anilines is 1. The van der Waals surface area contributed by atoms with Gasteiger partial charge in [0.15, 0.2) is 0 Å². The smallest absolute Gasteiger partial charge is 0.310 e. The van der Waals surface area contributed by atoms with Gasteiger partial charge in [-0.3, -0.25) is 9.59 Å². The van der Waals surface area contributed by atoms with E-state index in [0.717, 1.165) is 12.2 Å². The van der Waals surface area contributed by atoms with Crippen LogP contribution in [-0.4, -0.2) is 23.4 Å². The number of aliphatic carboxylic acids is 1. The number of carbonyl (C=O) groups is 2. The van der Waals surface area contributed by atoms with Crippen molar-refractivity contribution in [2.24, 2.45) is 0 Å². The standard InChI is InChI=1S/C9H10N2.C4H6O3/c1-2-11-9-5-3-4-8(6-9)7-10;1-3(5)2-4(6)7/h3-6,11H,2H2,1H3;2H2,1H3,(H,6,7). The summed E-state index contributed by atoms with van der Waals surface area (Å²) in [6.45, 7) is 4.15. The third-order valence-corrected chi connectivity index (χ3v) is 1.77. The number of hydrogen-bond donors (Lipinski definition) is 2. The van der Waals surface area contributed by atoms with Gasteiger partial charge in [-0.15, -0.1) is 0 Å². The molecule has 1 aromatic carbocycles. The van der Waals surface area contributed by atoms with E-state index in [2.05, 4.69) is 11.4 Å². The van der Waals surface area contributed by atoms with Gasteiger partial charge >= 0.3 is 5.97 Å². The van der Waals surface area contributed by atoms with Crippen molar-refractivity contribution < 1.29 is 14.7 Å². The molecule has 0 unspecified atom stereocenters. The number of nitriles is 1. The molecular weight excluding hydrogens is 232 g/mol. The number of benzene rings is 1. The average Bonchev–Trinajstić information content (AvgIpc) is 2.29. The first kappa shape index (κ1) is 15.7. The molecule has 1 rings (SSSR count). The first-order chi connectivity index (χ1) is 8.49. The number of nitrogens with one attached hydrogen (secondary N) is 1. The monoisotopic (exact) mass is 248 g/mol. The van der Waals surface area contributed by atoms with E-state index in [1.54, 1.807) is 6.07 Å². The van der Waals surface area contributed by atoms with Crippen molar-refractivity contribution in [1.82, 2.24) is 0 Å². The van der Waals surface area contributed by atoms with Crippen molar-refractivity contribution in [1.29, 1.82) is 5.26 Å². The van der Waals surface area contributed by atoms with Gasteiger partial charge in [-0.2, -0.15) is 5.26 Å². The van der Waals surface area contributed by atoms with E-state index in [1.807, 2.05) is 25.1 Å². The zero-order chi connectivity index (χ0) is 14.0. The number of rotatable bonds is 4. The van der Waals surface area contributed by atoms with Gasteiger partial charge in [-0.25, -0.2) is 0 Å². The van der Waals surface area contributed by atoms with Crippen molar-refractivity contribution in [3.63, 3.8) is 0 Å². The molecule has 5 heteroatoms. The van der Waals surface area contributed by atoms with Gasteiger partial charge in [0, 0.05) is 12.2 Å². The molecule has 0 amide bonds. The number of ketones is 1. The fourth-order valence-electron chi connectivity index (χ4n) is 1.12. The van der Waals surface area contributed by atoms with E-state index in [1.165, 1.54) is 6.92 Å². The summed E-state index contributed by atoms with van der Waals surface area (Å²) < 4.78 is 0. The number of carboxylic acid groups (broad SMARTS) is 1. The van der Waals surface area contributed by atoms with Crippen molar-refractivity contribution in [3.05, 3.63) is 29.8 Å². The van der Waals surface area contributed by atoms with Crippen LogP contribution in [0.4, 0.5) is 5.69 Å². The molecule has 0 fully saturated rings. The van der Waals surface area contributed by atoms with E-state index in [0.29, 0.717) is 5.56 Å². The highest BCUT2D eigenvalue weighted by molar-refractivity contribution is 5.93. The fourth-order valence-corrected chi connectivity index (χ4v) is 1.12. The Kier molecular flexibility index (Phi) is 7.62. The Hall–Kier alpha value is -2.35. The number of hydrogen-bond acceptors (Lipinski definition) is 4. The van der Waals surface area contributed by atoms with Crippen LogP contribution in [-0.2, 0) is 9.59 Å². The molecule has 0 radical (unpaired) electrons. The van der Waals surface area contributed by atoms with Crippen LogP contribution in [0.15, 0.2) is 24.3 Å². The van der Waals surface area contributed by atoms with Crippen molar-refractivity contribution >= 4 is 17.4 Å². The van der Waals surface area contributed by atoms with Crippen LogP contribution in [0.3, 0.4) is 0 Å². The molecule has 96 valence electrons. The number of Topliss-reactive ketones (excluding diaryl/α,β-unsaturated/α-hetero) is 1. The van der Waals surface area contributed by atoms with Gasteiger partial charge in [0.25, 0.3) is 0 Å². The molecule has 1 aromatic rings. The molecular formula is C13H16N2O3. The summed E-state index contributed by atoms with van der Waals surface area (Å²) in [5.74, 6) is -1.37. The molecule has 0 aromatic heterocycles. The maximum absolute atomic E-state index is 9.87. The minimum absolute atomic E-state index is 0.312. The predicted octanol–water partition coefficient (Wildman–Crippen LogP) is 2.04. The third-order valence-electron chi connectivity index (χ3n) is 1.77. The van der Waals surface area contributed by atoms with E-state index in [-0.39, 0.29) is 12.2 Å². The van der Waals surface area contributed by atoms with Gasteiger partial charge in [0.2, 0.25) is 0 Å². The van der Waals surface area contributed by atoms with Crippen LogP contribution in [0.1, 0.15) is 25.8 Å². The Morgan fingerprint density at radius 2 is 2.11 bits per heavy atom. The minimum Gasteiger partial charge on any atom is -0.481 e. The van der Waals surface area contributed by atoms with Crippen LogP contribution >= 0.6 is 0 Å². The van der Waals surface area contributed by atoms with Crippen molar-refractivity contribution in [2.45, 2.75) is 20.3 Å². The van der Waals surface area contributed by atoms with Gasteiger partial charge in [-0.05, 0) is 32.0 Å². The van der Waals surface area contributed by atoms with Gasteiger partial charge in [-0.1, -0.05) is 6.07 Å². The first-order valence-electron chi connectivity index (χ1n) is 5.44. The number of carboxylic acids is 1. The first-order valence-corrected chi connectivity index (χ1v) is 5.44.